The molecule has 10 heavy (non-hydrogen) atoms. The summed E-state index contributed by atoms with van der Waals surface area (Å²) in [6.07, 6.45) is 7.00. The molecule has 0 aliphatic heterocycles. The molecule has 0 radical (unpaired) electrons. The average molecular weight is 154 g/mol. The van der Waals surface area contributed by atoms with E-state index in [1.165, 1.54) is 5.57 Å². The molecule has 0 atom stereocenters. The van der Waals surface area contributed by atoms with Crippen LogP contribution in [0.5, 0.6) is 0 Å². The van der Waals surface area contributed by atoms with Gasteiger partial charge < -0.3 is 0 Å². The van der Waals surface area contributed by atoms with Crippen LogP contribution in [-0.4, -0.2) is 6.26 Å². The van der Waals surface area contributed by atoms with Crippen LogP contribution in [0.1, 0.15) is 13.3 Å². The van der Waals surface area contributed by atoms with E-state index in [1.807, 2.05) is 12.3 Å². The van der Waals surface area contributed by atoms with Gasteiger partial charge in [-0.05, 0) is 29.2 Å². The lowest BCUT2D eigenvalue weighted by atomic mass is 10.2. The summed E-state index contributed by atoms with van der Waals surface area (Å²) in [5, 5.41) is 0. The lowest BCUT2D eigenvalue weighted by molar-refractivity contribution is 1.15. The first-order valence-electron chi connectivity index (χ1n) is 3.30. The first-order valence-corrected chi connectivity index (χ1v) is 4.53. The maximum Gasteiger partial charge on any atom is -0.0000115 e. The number of thioether (sulfide) groups is 1. The third-order valence-electron chi connectivity index (χ3n) is 1.28. The molecule has 0 heterocycles. The Morgan fingerprint density at radius 2 is 2.20 bits per heavy atom. The minimum atomic E-state index is 1.03. The topological polar surface area (TPSA) is 0 Å². The van der Waals surface area contributed by atoms with Crippen molar-refractivity contribution in [1.29, 1.82) is 0 Å². The van der Waals surface area contributed by atoms with Gasteiger partial charge in [0, 0.05) is 0 Å². The highest BCUT2D eigenvalue weighted by atomic mass is 32.2. The van der Waals surface area contributed by atoms with E-state index in [2.05, 4.69) is 26.2 Å². The van der Waals surface area contributed by atoms with E-state index < -0.39 is 0 Å². The third kappa shape index (κ3) is 3.57. The highest BCUT2D eigenvalue weighted by molar-refractivity contribution is 8.02. The molecule has 0 aromatic carbocycles. The van der Waals surface area contributed by atoms with Crippen molar-refractivity contribution >= 4 is 11.8 Å². The van der Waals surface area contributed by atoms with E-state index in [0.29, 0.717) is 0 Å². The molecule has 0 saturated carbocycles. The highest BCUT2D eigenvalue weighted by Crippen LogP contribution is 2.14. The van der Waals surface area contributed by atoms with Crippen LogP contribution in [0.25, 0.3) is 0 Å². The molecule has 0 unspecified atom stereocenters. The summed E-state index contributed by atoms with van der Waals surface area (Å²) < 4.78 is 0. The summed E-state index contributed by atoms with van der Waals surface area (Å²) in [6, 6.07) is 0. The zero-order valence-electron chi connectivity index (χ0n) is 6.68. The molecule has 0 spiro atoms. The second kappa shape index (κ2) is 5.36. The van der Waals surface area contributed by atoms with E-state index in [-0.39, 0.29) is 0 Å². The van der Waals surface area contributed by atoms with Crippen LogP contribution < -0.4 is 0 Å². The molecular weight excluding hydrogens is 140 g/mol. The van der Waals surface area contributed by atoms with Crippen LogP contribution in [-0.2, 0) is 0 Å². The molecule has 0 amide bonds. The standard InChI is InChI=1S/C9H14S/c1-5-9(6-2)7-8(3)10-4/h5,7H,1,3,6H2,2,4H3/b9-7+. The van der Waals surface area contributed by atoms with Gasteiger partial charge >= 0.3 is 0 Å². The summed E-state index contributed by atoms with van der Waals surface area (Å²) >= 11 is 1.67. The van der Waals surface area contributed by atoms with Gasteiger partial charge in [0.05, 0.1) is 0 Å². The first-order chi connectivity index (χ1) is 4.74. The lowest BCUT2D eigenvalue weighted by Gasteiger charge is -1.96. The predicted molar refractivity (Wildman–Crippen MR) is 51.2 cm³/mol. The zero-order chi connectivity index (χ0) is 7.98. The van der Waals surface area contributed by atoms with Gasteiger partial charge in [0.1, 0.15) is 0 Å². The van der Waals surface area contributed by atoms with Gasteiger partial charge in [-0.15, -0.1) is 11.8 Å². The molecular formula is C9H14S. The summed E-state index contributed by atoms with van der Waals surface area (Å²) in [5.74, 6) is 0. The minimum Gasteiger partial charge on any atom is -0.130 e. The highest BCUT2D eigenvalue weighted by Gasteiger charge is 1.87. The summed E-state index contributed by atoms with van der Waals surface area (Å²) in [4.78, 5) is 1.09. The van der Waals surface area contributed by atoms with Crippen molar-refractivity contribution in [3.05, 3.63) is 35.8 Å². The number of allylic oxidation sites excluding steroid dienone is 3. The van der Waals surface area contributed by atoms with E-state index >= 15 is 0 Å². The van der Waals surface area contributed by atoms with Crippen molar-refractivity contribution in [2.75, 3.05) is 6.26 Å². The van der Waals surface area contributed by atoms with Crippen molar-refractivity contribution in [1.82, 2.24) is 0 Å². The van der Waals surface area contributed by atoms with Crippen molar-refractivity contribution in [3.63, 3.8) is 0 Å². The Labute approximate surface area is 67.7 Å². The Kier molecular flexibility index (Phi) is 5.13. The van der Waals surface area contributed by atoms with Crippen LogP contribution in [0.15, 0.2) is 35.8 Å². The molecule has 0 saturated heterocycles. The second-order valence-corrected chi connectivity index (χ2v) is 2.88. The molecule has 56 valence electrons. The Hall–Kier alpha value is -0.430. The Balaban J connectivity index is 4.09. The van der Waals surface area contributed by atoms with Gasteiger partial charge in [-0.25, -0.2) is 0 Å². The van der Waals surface area contributed by atoms with Crippen LogP contribution in [0.2, 0.25) is 0 Å². The molecule has 0 aromatic rings. The van der Waals surface area contributed by atoms with Crippen LogP contribution in [0, 0.1) is 0 Å². The second-order valence-electron chi connectivity index (χ2n) is 1.95. The van der Waals surface area contributed by atoms with E-state index in [0.717, 1.165) is 11.3 Å². The fourth-order valence-electron chi connectivity index (χ4n) is 0.571. The van der Waals surface area contributed by atoms with Gasteiger partial charge in [-0.1, -0.05) is 26.2 Å². The predicted octanol–water partition coefficient (Wildman–Crippen LogP) is 3.39. The smallest absolute Gasteiger partial charge is 0.0000115 e. The maximum absolute atomic E-state index is 3.85. The van der Waals surface area contributed by atoms with Gasteiger partial charge in [0.2, 0.25) is 0 Å². The Bertz CT molecular complexity index is 154. The van der Waals surface area contributed by atoms with Crippen LogP contribution >= 0.6 is 11.8 Å². The lowest BCUT2D eigenvalue weighted by Crippen LogP contribution is -1.73. The van der Waals surface area contributed by atoms with Crippen molar-refractivity contribution in [3.8, 4) is 0 Å². The monoisotopic (exact) mass is 154 g/mol. The van der Waals surface area contributed by atoms with Crippen molar-refractivity contribution < 1.29 is 0 Å². The Morgan fingerprint density at radius 1 is 1.60 bits per heavy atom. The minimum absolute atomic E-state index is 1.03. The van der Waals surface area contributed by atoms with Gasteiger partial charge in [0.15, 0.2) is 0 Å². The number of hydrogen-bond acceptors (Lipinski definition) is 1. The summed E-state index contributed by atoms with van der Waals surface area (Å²) in [6.45, 7) is 9.66. The molecule has 0 N–H and O–H groups in total. The average Bonchev–Trinajstić information content (AvgIpc) is 1.99. The maximum atomic E-state index is 3.85. The van der Waals surface area contributed by atoms with Crippen LogP contribution in [0.4, 0.5) is 0 Å². The van der Waals surface area contributed by atoms with E-state index in [1.54, 1.807) is 11.8 Å². The van der Waals surface area contributed by atoms with Crippen molar-refractivity contribution in [2.24, 2.45) is 0 Å². The van der Waals surface area contributed by atoms with Gasteiger partial charge in [-0.2, -0.15) is 0 Å². The number of hydrogen-bond donors (Lipinski definition) is 0. The normalized spacial score (nSPS) is 11.2. The third-order valence-corrected chi connectivity index (χ3v) is 1.92. The largest absolute Gasteiger partial charge is 0.130 e. The first kappa shape index (κ1) is 9.57. The molecule has 1 heteroatoms. The van der Waals surface area contributed by atoms with Gasteiger partial charge in [-0.3, -0.25) is 0 Å². The molecule has 0 aromatic heterocycles. The zero-order valence-corrected chi connectivity index (χ0v) is 7.50. The SMILES string of the molecule is C=C/C(=C\C(=C)SC)CC. The molecule has 0 aliphatic carbocycles. The van der Waals surface area contributed by atoms with E-state index in [9.17, 15) is 0 Å². The molecule has 0 aliphatic rings. The molecule has 0 nitrogen and oxygen atoms in total. The fraction of sp³-hybridized carbons (Fsp3) is 0.333. The molecule has 0 fully saturated rings. The van der Waals surface area contributed by atoms with Gasteiger partial charge in [0.25, 0.3) is 0 Å². The molecule has 0 bridgehead atoms. The quantitative estimate of drug-likeness (QED) is 0.559. The van der Waals surface area contributed by atoms with Crippen molar-refractivity contribution in [2.45, 2.75) is 13.3 Å². The molecule has 0 rings (SSSR count). The summed E-state index contributed by atoms with van der Waals surface area (Å²) in [7, 11) is 0. The van der Waals surface area contributed by atoms with E-state index in [4.69, 9.17) is 0 Å². The summed E-state index contributed by atoms with van der Waals surface area (Å²) in [5.41, 5.74) is 1.25. The van der Waals surface area contributed by atoms with Crippen LogP contribution in [0.3, 0.4) is 0 Å². The number of rotatable bonds is 4. The Morgan fingerprint density at radius 3 is 2.50 bits per heavy atom. The fourth-order valence-corrected chi connectivity index (χ4v) is 0.840.